The lowest BCUT2D eigenvalue weighted by Gasteiger charge is -2.12. The molecule has 1 aromatic carbocycles. The molecule has 0 aliphatic heterocycles. The van der Waals surface area contributed by atoms with Gasteiger partial charge in [0.25, 0.3) is 0 Å². The molecule has 1 aromatic rings. The summed E-state index contributed by atoms with van der Waals surface area (Å²) in [6.07, 6.45) is 1.05. The predicted molar refractivity (Wildman–Crippen MR) is 70.4 cm³/mol. The Morgan fingerprint density at radius 1 is 1.22 bits per heavy atom. The van der Waals surface area contributed by atoms with Crippen LogP contribution in [0.4, 0.5) is 4.39 Å². The minimum atomic E-state index is -0.317. The average molecular weight is 255 g/mol. The molecular weight excluding hydrogens is 233 g/mol. The molecule has 0 amide bonds. The number of hydrogen-bond acceptors (Lipinski definition) is 3. The van der Waals surface area contributed by atoms with Crippen molar-refractivity contribution in [1.82, 2.24) is 5.32 Å². The van der Waals surface area contributed by atoms with Crippen molar-refractivity contribution in [3.05, 3.63) is 29.6 Å². The van der Waals surface area contributed by atoms with E-state index in [9.17, 15) is 4.39 Å². The third-order valence-corrected chi connectivity index (χ3v) is 2.47. The van der Waals surface area contributed by atoms with Crippen molar-refractivity contribution < 1.29 is 13.9 Å². The van der Waals surface area contributed by atoms with E-state index in [1.165, 1.54) is 6.07 Å². The van der Waals surface area contributed by atoms with Crippen LogP contribution in [-0.2, 0) is 11.3 Å². The molecule has 0 spiro atoms. The molecule has 0 unspecified atom stereocenters. The summed E-state index contributed by atoms with van der Waals surface area (Å²) in [6.45, 7) is 7.04. The van der Waals surface area contributed by atoms with Gasteiger partial charge in [-0.05, 0) is 26.0 Å². The molecule has 1 rings (SSSR count). The summed E-state index contributed by atoms with van der Waals surface area (Å²) in [7, 11) is 0. The van der Waals surface area contributed by atoms with E-state index in [4.69, 9.17) is 9.47 Å². The van der Waals surface area contributed by atoms with Crippen molar-refractivity contribution in [2.45, 2.75) is 26.8 Å². The molecule has 3 nitrogen and oxygen atoms in total. The first kappa shape index (κ1) is 14.9. The highest BCUT2D eigenvalue weighted by Gasteiger charge is 2.09. The smallest absolute Gasteiger partial charge is 0.165 e. The summed E-state index contributed by atoms with van der Waals surface area (Å²) >= 11 is 0. The van der Waals surface area contributed by atoms with Crippen LogP contribution in [0.15, 0.2) is 18.2 Å². The Morgan fingerprint density at radius 2 is 2.06 bits per heavy atom. The van der Waals surface area contributed by atoms with Gasteiger partial charge in [-0.1, -0.05) is 19.1 Å². The summed E-state index contributed by atoms with van der Waals surface area (Å²) < 4.78 is 24.3. The number of nitrogens with one attached hydrogen (secondary N) is 1. The van der Waals surface area contributed by atoms with Crippen LogP contribution in [0.2, 0.25) is 0 Å². The summed E-state index contributed by atoms with van der Waals surface area (Å²) in [5, 5.41) is 3.24. The molecule has 0 aliphatic rings. The van der Waals surface area contributed by atoms with Crippen LogP contribution in [0.1, 0.15) is 25.8 Å². The minimum Gasteiger partial charge on any atom is -0.488 e. The molecule has 18 heavy (non-hydrogen) atoms. The fraction of sp³-hybridized carbons (Fsp3) is 0.571. The average Bonchev–Trinajstić information content (AvgIpc) is 2.37. The Hall–Kier alpha value is -1.13. The van der Waals surface area contributed by atoms with Crippen molar-refractivity contribution in [3.63, 3.8) is 0 Å². The zero-order valence-electron chi connectivity index (χ0n) is 11.2. The molecule has 1 N–H and O–H groups in total. The number of ether oxygens (including phenoxy) is 2. The maximum atomic E-state index is 13.7. The highest BCUT2D eigenvalue weighted by Crippen LogP contribution is 2.22. The van der Waals surface area contributed by atoms with Gasteiger partial charge in [0.2, 0.25) is 0 Å². The van der Waals surface area contributed by atoms with Gasteiger partial charge < -0.3 is 14.8 Å². The van der Waals surface area contributed by atoms with Crippen molar-refractivity contribution in [3.8, 4) is 5.75 Å². The largest absolute Gasteiger partial charge is 0.488 e. The monoisotopic (exact) mass is 255 g/mol. The Labute approximate surface area is 108 Å². The molecule has 102 valence electrons. The molecule has 0 fully saturated rings. The summed E-state index contributed by atoms with van der Waals surface area (Å²) in [5.74, 6) is 0.0168. The van der Waals surface area contributed by atoms with Gasteiger partial charge in [0.05, 0.1) is 6.61 Å². The lowest BCUT2D eigenvalue weighted by molar-refractivity contribution is 0.108. The second-order valence-corrected chi connectivity index (χ2v) is 3.95. The van der Waals surface area contributed by atoms with E-state index in [0.717, 1.165) is 18.5 Å². The van der Waals surface area contributed by atoms with Crippen LogP contribution in [0, 0.1) is 5.82 Å². The van der Waals surface area contributed by atoms with E-state index < -0.39 is 0 Å². The van der Waals surface area contributed by atoms with Gasteiger partial charge in [-0.15, -0.1) is 0 Å². The van der Waals surface area contributed by atoms with Crippen molar-refractivity contribution >= 4 is 0 Å². The van der Waals surface area contributed by atoms with E-state index in [2.05, 4.69) is 12.2 Å². The summed E-state index contributed by atoms with van der Waals surface area (Å²) in [6, 6.07) is 4.99. The number of halogens is 1. The molecule has 0 heterocycles. The number of para-hydroxylation sites is 1. The molecule has 0 saturated heterocycles. The third kappa shape index (κ3) is 5.02. The lowest BCUT2D eigenvalue weighted by atomic mass is 10.2. The first-order chi connectivity index (χ1) is 8.79. The topological polar surface area (TPSA) is 30.5 Å². The van der Waals surface area contributed by atoms with Gasteiger partial charge >= 0.3 is 0 Å². The Balaban J connectivity index is 2.56. The van der Waals surface area contributed by atoms with Crippen LogP contribution in [0.25, 0.3) is 0 Å². The molecule has 0 bridgehead atoms. The fourth-order valence-corrected chi connectivity index (χ4v) is 1.60. The van der Waals surface area contributed by atoms with E-state index >= 15 is 0 Å². The van der Waals surface area contributed by atoms with E-state index in [1.54, 1.807) is 6.07 Å². The normalized spacial score (nSPS) is 10.6. The lowest BCUT2D eigenvalue weighted by Crippen LogP contribution is -2.16. The third-order valence-electron chi connectivity index (χ3n) is 2.47. The SMILES string of the molecule is CCCNCc1cccc(F)c1OCCOCC. The molecule has 0 aliphatic carbocycles. The summed E-state index contributed by atoms with van der Waals surface area (Å²) in [4.78, 5) is 0. The zero-order chi connectivity index (χ0) is 13.2. The Kier molecular flexibility index (Phi) is 7.37. The van der Waals surface area contributed by atoms with Gasteiger partial charge in [0.1, 0.15) is 6.61 Å². The van der Waals surface area contributed by atoms with E-state index in [0.29, 0.717) is 32.1 Å². The first-order valence-corrected chi connectivity index (χ1v) is 6.48. The second kappa shape index (κ2) is 8.89. The predicted octanol–water partition coefficient (Wildman–Crippen LogP) is 2.74. The van der Waals surface area contributed by atoms with Gasteiger partial charge in [-0.2, -0.15) is 0 Å². The number of benzene rings is 1. The van der Waals surface area contributed by atoms with E-state index in [1.807, 2.05) is 13.0 Å². The highest BCUT2D eigenvalue weighted by atomic mass is 19.1. The molecule has 0 saturated carbocycles. The number of rotatable bonds is 9. The molecule has 0 radical (unpaired) electrons. The second-order valence-electron chi connectivity index (χ2n) is 3.95. The Morgan fingerprint density at radius 3 is 2.78 bits per heavy atom. The molecule has 0 aromatic heterocycles. The Bertz CT molecular complexity index is 345. The maximum absolute atomic E-state index is 13.7. The highest BCUT2D eigenvalue weighted by molar-refractivity contribution is 5.34. The molecule has 4 heteroatoms. The standard InChI is InChI=1S/C14H22FNO2/c1-3-8-16-11-12-6-5-7-13(15)14(12)18-10-9-17-4-2/h5-7,16H,3-4,8-11H2,1-2H3. The zero-order valence-corrected chi connectivity index (χ0v) is 11.2. The first-order valence-electron chi connectivity index (χ1n) is 6.48. The van der Waals surface area contributed by atoms with Gasteiger partial charge in [0.15, 0.2) is 11.6 Å². The van der Waals surface area contributed by atoms with Crippen LogP contribution < -0.4 is 10.1 Å². The van der Waals surface area contributed by atoms with Crippen LogP contribution in [0.3, 0.4) is 0 Å². The summed E-state index contributed by atoms with van der Waals surface area (Å²) in [5.41, 5.74) is 0.847. The van der Waals surface area contributed by atoms with Crippen molar-refractivity contribution in [2.75, 3.05) is 26.4 Å². The van der Waals surface area contributed by atoms with Gasteiger partial charge in [-0.25, -0.2) is 4.39 Å². The number of hydrogen-bond donors (Lipinski definition) is 1. The van der Waals surface area contributed by atoms with Crippen LogP contribution >= 0.6 is 0 Å². The van der Waals surface area contributed by atoms with Crippen LogP contribution in [0.5, 0.6) is 5.75 Å². The van der Waals surface area contributed by atoms with Gasteiger partial charge in [0, 0.05) is 18.7 Å². The van der Waals surface area contributed by atoms with E-state index in [-0.39, 0.29) is 5.82 Å². The molecule has 0 atom stereocenters. The van der Waals surface area contributed by atoms with Gasteiger partial charge in [-0.3, -0.25) is 0 Å². The fourth-order valence-electron chi connectivity index (χ4n) is 1.60. The van der Waals surface area contributed by atoms with Crippen LogP contribution in [-0.4, -0.2) is 26.4 Å². The quantitative estimate of drug-likeness (QED) is 0.688. The van der Waals surface area contributed by atoms with Crippen molar-refractivity contribution in [2.24, 2.45) is 0 Å². The molecular formula is C14H22FNO2. The maximum Gasteiger partial charge on any atom is 0.165 e. The minimum absolute atomic E-state index is 0.317. The van der Waals surface area contributed by atoms with Crippen molar-refractivity contribution in [1.29, 1.82) is 0 Å².